The van der Waals surface area contributed by atoms with Crippen molar-refractivity contribution in [3.8, 4) is 0 Å². The molecule has 1 unspecified atom stereocenters. The lowest BCUT2D eigenvalue weighted by Gasteiger charge is -2.37. The zero-order chi connectivity index (χ0) is 16.8. The van der Waals surface area contributed by atoms with Crippen molar-refractivity contribution in [3.05, 3.63) is 23.5 Å². The van der Waals surface area contributed by atoms with Gasteiger partial charge in [-0.15, -0.1) is 0 Å². The molecule has 1 aliphatic rings. The molecule has 0 saturated carbocycles. The van der Waals surface area contributed by atoms with E-state index in [0.29, 0.717) is 11.3 Å². The first-order valence-corrected chi connectivity index (χ1v) is 8.66. The Kier molecular flexibility index (Phi) is 6.66. The van der Waals surface area contributed by atoms with Crippen LogP contribution in [-0.4, -0.2) is 38.4 Å². The van der Waals surface area contributed by atoms with Crippen LogP contribution in [0.2, 0.25) is 0 Å². The Labute approximate surface area is 139 Å². The Morgan fingerprint density at radius 1 is 1.22 bits per heavy atom. The molecule has 0 amide bonds. The molecular weight excluding hydrogens is 293 g/mol. The summed E-state index contributed by atoms with van der Waals surface area (Å²) in [4.78, 5) is 2.22. The van der Waals surface area contributed by atoms with Crippen LogP contribution in [0.5, 0.6) is 0 Å². The number of benzene rings is 1. The summed E-state index contributed by atoms with van der Waals surface area (Å²) >= 11 is 0. The van der Waals surface area contributed by atoms with Gasteiger partial charge in [-0.25, -0.2) is 4.39 Å². The SMILES string of the molecule is Cc1c(N2CC(C)O[C@H](C)C2)ccc(NCCCCCN)c1F. The van der Waals surface area contributed by atoms with Gasteiger partial charge in [0.15, 0.2) is 5.82 Å². The van der Waals surface area contributed by atoms with E-state index in [1.54, 1.807) is 0 Å². The highest BCUT2D eigenvalue weighted by atomic mass is 19.1. The summed E-state index contributed by atoms with van der Waals surface area (Å²) in [7, 11) is 0. The van der Waals surface area contributed by atoms with E-state index in [2.05, 4.69) is 24.1 Å². The maximum absolute atomic E-state index is 14.6. The fourth-order valence-corrected chi connectivity index (χ4v) is 3.20. The molecule has 2 rings (SSSR count). The minimum absolute atomic E-state index is 0.145. The first kappa shape index (κ1) is 18.0. The number of anilines is 2. The molecular formula is C18H30FN3O. The van der Waals surface area contributed by atoms with E-state index in [1.807, 2.05) is 19.1 Å². The van der Waals surface area contributed by atoms with Crippen LogP contribution in [-0.2, 0) is 4.74 Å². The van der Waals surface area contributed by atoms with Crippen molar-refractivity contribution in [1.82, 2.24) is 0 Å². The van der Waals surface area contributed by atoms with Crippen LogP contribution in [0.3, 0.4) is 0 Å². The normalized spacial score (nSPS) is 21.5. The highest BCUT2D eigenvalue weighted by molar-refractivity contribution is 5.62. The van der Waals surface area contributed by atoms with E-state index in [0.717, 1.165) is 51.1 Å². The number of nitrogens with zero attached hydrogens (tertiary/aromatic N) is 1. The largest absolute Gasteiger partial charge is 0.383 e. The number of nitrogens with two attached hydrogens (primary N) is 1. The van der Waals surface area contributed by atoms with E-state index in [-0.39, 0.29) is 18.0 Å². The molecule has 0 aliphatic carbocycles. The second-order valence-corrected chi connectivity index (χ2v) is 6.51. The molecule has 0 aromatic heterocycles. The number of halogens is 1. The van der Waals surface area contributed by atoms with Gasteiger partial charge >= 0.3 is 0 Å². The molecule has 130 valence electrons. The third kappa shape index (κ3) is 4.82. The van der Waals surface area contributed by atoms with Crippen LogP contribution >= 0.6 is 0 Å². The topological polar surface area (TPSA) is 50.5 Å². The lowest BCUT2D eigenvalue weighted by atomic mass is 10.1. The first-order chi connectivity index (χ1) is 11.0. The van der Waals surface area contributed by atoms with E-state index in [1.165, 1.54) is 0 Å². The third-order valence-corrected chi connectivity index (χ3v) is 4.31. The highest BCUT2D eigenvalue weighted by Crippen LogP contribution is 2.30. The van der Waals surface area contributed by atoms with Crippen LogP contribution in [0.1, 0.15) is 38.7 Å². The van der Waals surface area contributed by atoms with Crippen LogP contribution in [0.25, 0.3) is 0 Å². The predicted molar refractivity (Wildman–Crippen MR) is 94.8 cm³/mol. The minimum Gasteiger partial charge on any atom is -0.383 e. The maximum atomic E-state index is 14.6. The molecule has 4 nitrogen and oxygen atoms in total. The van der Waals surface area contributed by atoms with Crippen molar-refractivity contribution >= 4 is 11.4 Å². The lowest BCUT2D eigenvalue weighted by molar-refractivity contribution is -0.00526. The van der Waals surface area contributed by atoms with Gasteiger partial charge in [-0.2, -0.15) is 0 Å². The molecule has 1 aliphatic heterocycles. The third-order valence-electron chi connectivity index (χ3n) is 4.31. The Morgan fingerprint density at radius 3 is 2.57 bits per heavy atom. The zero-order valence-corrected chi connectivity index (χ0v) is 14.6. The number of rotatable bonds is 7. The average Bonchev–Trinajstić information content (AvgIpc) is 2.50. The van der Waals surface area contributed by atoms with Crippen molar-refractivity contribution in [3.63, 3.8) is 0 Å². The Balaban J connectivity index is 2.02. The van der Waals surface area contributed by atoms with E-state index in [4.69, 9.17) is 10.5 Å². The highest BCUT2D eigenvalue weighted by Gasteiger charge is 2.24. The molecule has 2 atom stereocenters. The van der Waals surface area contributed by atoms with Crippen LogP contribution in [0.15, 0.2) is 12.1 Å². The summed E-state index contributed by atoms with van der Waals surface area (Å²) in [6.07, 6.45) is 3.44. The fourth-order valence-electron chi connectivity index (χ4n) is 3.20. The number of ether oxygens (including phenoxy) is 1. The number of hydrogen-bond acceptors (Lipinski definition) is 4. The molecule has 1 heterocycles. The quantitative estimate of drug-likeness (QED) is 0.756. The van der Waals surface area contributed by atoms with Gasteiger partial charge in [0.25, 0.3) is 0 Å². The van der Waals surface area contributed by atoms with E-state index < -0.39 is 0 Å². The number of hydrogen-bond donors (Lipinski definition) is 2. The molecule has 0 spiro atoms. The molecule has 0 bridgehead atoms. The summed E-state index contributed by atoms with van der Waals surface area (Å²) in [6.45, 7) is 9.08. The molecule has 3 N–H and O–H groups in total. The van der Waals surface area contributed by atoms with Crippen molar-refractivity contribution < 1.29 is 9.13 Å². The van der Waals surface area contributed by atoms with Gasteiger partial charge in [-0.05, 0) is 52.3 Å². The molecule has 1 saturated heterocycles. The molecule has 1 aromatic carbocycles. The number of morpholine rings is 1. The molecule has 5 heteroatoms. The molecule has 23 heavy (non-hydrogen) atoms. The van der Waals surface area contributed by atoms with Crippen molar-refractivity contribution in [1.29, 1.82) is 0 Å². The molecule has 0 radical (unpaired) electrons. The van der Waals surface area contributed by atoms with Crippen molar-refractivity contribution in [2.24, 2.45) is 5.73 Å². The predicted octanol–water partition coefficient (Wildman–Crippen LogP) is 3.29. The van der Waals surface area contributed by atoms with Gasteiger partial charge < -0.3 is 20.7 Å². The van der Waals surface area contributed by atoms with Gasteiger partial charge in [0, 0.05) is 30.9 Å². The molecule has 1 aromatic rings. The Bertz CT molecular complexity index is 499. The van der Waals surface area contributed by atoms with Gasteiger partial charge in [0.05, 0.1) is 17.9 Å². The second kappa shape index (κ2) is 8.50. The van der Waals surface area contributed by atoms with E-state index in [9.17, 15) is 4.39 Å². The summed E-state index contributed by atoms with van der Waals surface area (Å²) in [5, 5.41) is 3.20. The van der Waals surface area contributed by atoms with Gasteiger partial charge in [0.1, 0.15) is 0 Å². The second-order valence-electron chi connectivity index (χ2n) is 6.51. The summed E-state index contributed by atoms with van der Waals surface area (Å²) in [6, 6.07) is 3.87. The van der Waals surface area contributed by atoms with Crippen LogP contribution in [0.4, 0.5) is 15.8 Å². The van der Waals surface area contributed by atoms with E-state index >= 15 is 0 Å². The fraction of sp³-hybridized carbons (Fsp3) is 0.667. The Hall–Kier alpha value is -1.33. The Morgan fingerprint density at radius 2 is 1.91 bits per heavy atom. The maximum Gasteiger partial charge on any atom is 0.151 e. The standard InChI is InChI=1S/C18H30FN3O/c1-13-11-22(12-14(2)23-13)17-8-7-16(18(19)15(17)3)21-10-6-4-5-9-20/h7-8,13-14,21H,4-6,9-12,20H2,1-3H3/t13-,14?/m1/s1. The minimum atomic E-state index is -0.145. The zero-order valence-electron chi connectivity index (χ0n) is 14.6. The number of nitrogens with one attached hydrogen (secondary N) is 1. The van der Waals surface area contributed by atoms with Crippen molar-refractivity contribution in [2.75, 3.05) is 36.4 Å². The number of unbranched alkanes of at least 4 members (excludes halogenated alkanes) is 2. The van der Waals surface area contributed by atoms with Gasteiger partial charge in [-0.1, -0.05) is 6.42 Å². The first-order valence-electron chi connectivity index (χ1n) is 8.66. The van der Waals surface area contributed by atoms with Crippen LogP contribution in [0, 0.1) is 12.7 Å². The van der Waals surface area contributed by atoms with Gasteiger partial charge in [0.2, 0.25) is 0 Å². The lowest BCUT2D eigenvalue weighted by Crippen LogP contribution is -2.45. The summed E-state index contributed by atoms with van der Waals surface area (Å²) in [5.41, 5.74) is 7.75. The van der Waals surface area contributed by atoms with Crippen molar-refractivity contribution in [2.45, 2.75) is 52.2 Å². The average molecular weight is 323 g/mol. The molecule has 1 fully saturated rings. The monoisotopic (exact) mass is 323 g/mol. The van der Waals surface area contributed by atoms with Crippen LogP contribution < -0.4 is 16.0 Å². The summed E-state index contributed by atoms with van der Waals surface area (Å²) < 4.78 is 20.4. The smallest absolute Gasteiger partial charge is 0.151 e. The summed E-state index contributed by atoms with van der Waals surface area (Å²) in [5.74, 6) is -0.145. The van der Waals surface area contributed by atoms with Gasteiger partial charge in [-0.3, -0.25) is 0 Å².